The molecule has 104 valence electrons. The number of aromatic nitrogens is 1. The quantitative estimate of drug-likeness (QED) is 0.595. The third kappa shape index (κ3) is 2.44. The van der Waals surface area contributed by atoms with Crippen LogP contribution < -0.4 is 0 Å². The predicted molar refractivity (Wildman–Crippen MR) is 88.4 cm³/mol. The van der Waals surface area contributed by atoms with Crippen LogP contribution in [0.5, 0.6) is 0 Å². The van der Waals surface area contributed by atoms with Crippen LogP contribution in [0, 0.1) is 0 Å². The Hall–Kier alpha value is -2.15. The molecule has 0 atom stereocenters. The first kappa shape index (κ1) is 12.6. The average molecular weight is 273 g/mol. The first-order valence-electron chi connectivity index (χ1n) is 7.86. The predicted octanol–water partition coefficient (Wildman–Crippen LogP) is 5.56. The molecule has 0 N–H and O–H groups in total. The van der Waals surface area contributed by atoms with Gasteiger partial charge in [-0.15, -0.1) is 0 Å². The van der Waals surface area contributed by atoms with Gasteiger partial charge >= 0.3 is 0 Å². The summed E-state index contributed by atoms with van der Waals surface area (Å²) in [6.07, 6.45) is 5.42. The molecule has 1 aliphatic rings. The molecule has 1 fully saturated rings. The molecule has 0 bridgehead atoms. The van der Waals surface area contributed by atoms with Gasteiger partial charge in [0.25, 0.3) is 0 Å². The van der Waals surface area contributed by atoms with E-state index in [-0.39, 0.29) is 0 Å². The third-order valence-corrected chi connectivity index (χ3v) is 4.61. The van der Waals surface area contributed by atoms with E-state index < -0.39 is 0 Å². The molecule has 0 saturated heterocycles. The van der Waals surface area contributed by atoms with Crippen molar-refractivity contribution in [2.75, 3.05) is 0 Å². The first-order chi connectivity index (χ1) is 10.4. The summed E-state index contributed by atoms with van der Waals surface area (Å²) in [4.78, 5) is 4.88. The largest absolute Gasteiger partial charge is 0.248 e. The van der Waals surface area contributed by atoms with Gasteiger partial charge in [-0.2, -0.15) is 0 Å². The molecule has 1 aliphatic carbocycles. The lowest BCUT2D eigenvalue weighted by molar-refractivity contribution is 0.724. The highest BCUT2D eigenvalue weighted by Crippen LogP contribution is 2.35. The fourth-order valence-electron chi connectivity index (χ4n) is 3.42. The van der Waals surface area contributed by atoms with E-state index in [2.05, 4.69) is 54.6 Å². The molecule has 1 saturated carbocycles. The van der Waals surface area contributed by atoms with Crippen LogP contribution in [0.2, 0.25) is 0 Å². The molecule has 1 heteroatoms. The Balaban J connectivity index is 1.78. The highest BCUT2D eigenvalue weighted by Gasteiger charge is 2.17. The number of nitrogens with zero attached hydrogens (tertiary/aromatic N) is 1. The minimum Gasteiger partial charge on any atom is -0.248 e. The van der Waals surface area contributed by atoms with Crippen LogP contribution in [0.25, 0.3) is 22.2 Å². The summed E-state index contributed by atoms with van der Waals surface area (Å²) in [6.45, 7) is 0. The second-order valence-electron chi connectivity index (χ2n) is 6.00. The van der Waals surface area contributed by atoms with Gasteiger partial charge in [0, 0.05) is 10.9 Å². The smallest absolute Gasteiger partial charge is 0.0712 e. The maximum absolute atomic E-state index is 4.88. The molecule has 0 amide bonds. The summed E-state index contributed by atoms with van der Waals surface area (Å²) in [5, 5.41) is 1.23. The van der Waals surface area contributed by atoms with Crippen LogP contribution in [-0.4, -0.2) is 4.98 Å². The Morgan fingerprint density at radius 2 is 1.57 bits per heavy atom. The van der Waals surface area contributed by atoms with Crippen molar-refractivity contribution >= 4 is 10.9 Å². The van der Waals surface area contributed by atoms with E-state index in [1.54, 1.807) is 0 Å². The highest BCUT2D eigenvalue weighted by molar-refractivity contribution is 5.82. The van der Waals surface area contributed by atoms with Crippen LogP contribution in [0.1, 0.15) is 37.2 Å². The number of rotatable bonds is 2. The van der Waals surface area contributed by atoms with E-state index in [0.29, 0.717) is 0 Å². The van der Waals surface area contributed by atoms with E-state index in [9.17, 15) is 0 Å². The number of benzene rings is 2. The van der Waals surface area contributed by atoms with Crippen molar-refractivity contribution in [3.63, 3.8) is 0 Å². The zero-order chi connectivity index (χ0) is 14.1. The van der Waals surface area contributed by atoms with Crippen LogP contribution >= 0.6 is 0 Å². The zero-order valence-electron chi connectivity index (χ0n) is 12.1. The Morgan fingerprint density at radius 3 is 2.38 bits per heavy atom. The normalized spacial score (nSPS) is 15.6. The average Bonchev–Trinajstić information content (AvgIpc) is 3.09. The molecule has 1 heterocycles. The fraction of sp³-hybridized carbons (Fsp3) is 0.250. The molecule has 2 aromatic carbocycles. The number of pyridine rings is 1. The molecule has 0 unspecified atom stereocenters. The van der Waals surface area contributed by atoms with Gasteiger partial charge < -0.3 is 0 Å². The molecule has 1 nitrogen and oxygen atoms in total. The maximum Gasteiger partial charge on any atom is 0.0712 e. The van der Waals surface area contributed by atoms with E-state index in [1.807, 2.05) is 6.07 Å². The van der Waals surface area contributed by atoms with E-state index in [4.69, 9.17) is 4.98 Å². The number of hydrogen-bond donors (Lipinski definition) is 0. The van der Waals surface area contributed by atoms with Gasteiger partial charge in [-0.1, -0.05) is 61.4 Å². The van der Waals surface area contributed by atoms with Crippen molar-refractivity contribution in [1.29, 1.82) is 0 Å². The SMILES string of the molecule is c1ccc(-c2ccc3ccc(C4CCCC4)cc3n2)cc1. The molecular formula is C20H19N. The molecule has 0 spiro atoms. The van der Waals surface area contributed by atoms with E-state index in [0.717, 1.165) is 17.1 Å². The Bertz CT molecular complexity index is 755. The van der Waals surface area contributed by atoms with Gasteiger partial charge in [0.1, 0.15) is 0 Å². The fourth-order valence-corrected chi connectivity index (χ4v) is 3.42. The van der Waals surface area contributed by atoms with Crippen LogP contribution in [0.15, 0.2) is 60.7 Å². The summed E-state index contributed by atoms with van der Waals surface area (Å²) in [5.41, 5.74) is 4.84. The second-order valence-corrected chi connectivity index (χ2v) is 6.00. The van der Waals surface area contributed by atoms with Crippen molar-refractivity contribution < 1.29 is 0 Å². The lowest BCUT2D eigenvalue weighted by Crippen LogP contribution is -1.93. The lowest BCUT2D eigenvalue weighted by atomic mass is 9.96. The molecule has 4 rings (SSSR count). The Morgan fingerprint density at radius 1 is 0.810 bits per heavy atom. The topological polar surface area (TPSA) is 12.9 Å². The minimum absolute atomic E-state index is 0.747. The van der Waals surface area contributed by atoms with E-state index >= 15 is 0 Å². The second kappa shape index (κ2) is 5.33. The molecule has 21 heavy (non-hydrogen) atoms. The molecule has 0 radical (unpaired) electrons. The molecule has 3 aromatic rings. The van der Waals surface area contributed by atoms with Gasteiger partial charge in [-0.3, -0.25) is 0 Å². The highest BCUT2D eigenvalue weighted by atomic mass is 14.7. The summed E-state index contributed by atoms with van der Waals surface area (Å²) < 4.78 is 0. The van der Waals surface area contributed by atoms with Crippen molar-refractivity contribution in [2.24, 2.45) is 0 Å². The monoisotopic (exact) mass is 273 g/mol. The first-order valence-corrected chi connectivity index (χ1v) is 7.86. The lowest BCUT2D eigenvalue weighted by Gasteiger charge is -2.11. The molecule has 0 aliphatic heterocycles. The molecule has 1 aromatic heterocycles. The van der Waals surface area contributed by atoms with Gasteiger partial charge in [0.2, 0.25) is 0 Å². The summed E-state index contributed by atoms with van der Waals surface area (Å²) in [6, 6.07) is 21.5. The van der Waals surface area contributed by atoms with Crippen LogP contribution in [-0.2, 0) is 0 Å². The summed E-state index contributed by atoms with van der Waals surface area (Å²) >= 11 is 0. The molecular weight excluding hydrogens is 254 g/mol. The number of hydrogen-bond acceptors (Lipinski definition) is 1. The van der Waals surface area contributed by atoms with Crippen molar-refractivity contribution in [3.05, 3.63) is 66.2 Å². The summed E-state index contributed by atoms with van der Waals surface area (Å²) in [7, 11) is 0. The van der Waals surface area contributed by atoms with Gasteiger partial charge in [0.15, 0.2) is 0 Å². The van der Waals surface area contributed by atoms with Crippen molar-refractivity contribution in [1.82, 2.24) is 4.98 Å². The number of fused-ring (bicyclic) bond motifs is 1. The maximum atomic E-state index is 4.88. The van der Waals surface area contributed by atoms with Crippen molar-refractivity contribution in [2.45, 2.75) is 31.6 Å². The van der Waals surface area contributed by atoms with Gasteiger partial charge in [0.05, 0.1) is 11.2 Å². The third-order valence-electron chi connectivity index (χ3n) is 4.61. The van der Waals surface area contributed by atoms with Gasteiger partial charge in [-0.05, 0) is 36.5 Å². The standard InChI is InChI=1S/C20H19N/c1-2-8-16(9-3-1)19-13-12-17-10-11-18(14-20(17)21-19)15-6-4-5-7-15/h1-3,8-15H,4-7H2. The van der Waals surface area contributed by atoms with Crippen LogP contribution in [0.4, 0.5) is 0 Å². The van der Waals surface area contributed by atoms with E-state index in [1.165, 1.54) is 42.2 Å². The van der Waals surface area contributed by atoms with Crippen LogP contribution in [0.3, 0.4) is 0 Å². The van der Waals surface area contributed by atoms with Gasteiger partial charge in [-0.25, -0.2) is 4.98 Å². The minimum atomic E-state index is 0.747. The Labute approximate surface area is 125 Å². The van der Waals surface area contributed by atoms with Crippen molar-refractivity contribution in [3.8, 4) is 11.3 Å². The summed E-state index contributed by atoms with van der Waals surface area (Å²) in [5.74, 6) is 0.747. The zero-order valence-corrected chi connectivity index (χ0v) is 12.1. The Kier molecular flexibility index (Phi) is 3.19.